The zero-order valence-corrected chi connectivity index (χ0v) is 16.2. The number of hydrogen-bond donors (Lipinski definition) is 1. The second kappa shape index (κ2) is 8.00. The topological polar surface area (TPSA) is 66.5 Å². The van der Waals surface area contributed by atoms with Crippen molar-refractivity contribution in [2.24, 2.45) is 0 Å². The van der Waals surface area contributed by atoms with Crippen LogP contribution in [0.2, 0.25) is 0 Å². The van der Waals surface area contributed by atoms with E-state index in [1.54, 1.807) is 12.1 Å². The second-order valence-electron chi connectivity index (χ2n) is 5.35. The third-order valence-electron chi connectivity index (χ3n) is 3.47. The van der Waals surface area contributed by atoms with Crippen molar-refractivity contribution in [2.45, 2.75) is 0 Å². The van der Waals surface area contributed by atoms with Crippen LogP contribution in [-0.2, 0) is 9.59 Å². The van der Waals surface area contributed by atoms with Crippen molar-refractivity contribution in [1.82, 2.24) is 4.90 Å². The van der Waals surface area contributed by atoms with Crippen molar-refractivity contribution < 1.29 is 18.8 Å². The van der Waals surface area contributed by atoms with Gasteiger partial charge in [-0.3, -0.25) is 19.3 Å². The summed E-state index contributed by atoms with van der Waals surface area (Å²) < 4.78 is 14.6. The molecule has 1 aliphatic heterocycles. The molecule has 1 N–H and O–H groups in total. The van der Waals surface area contributed by atoms with Crippen LogP contribution >= 0.6 is 34.4 Å². The Bertz CT molecular complexity index is 932. The van der Waals surface area contributed by atoms with E-state index >= 15 is 0 Å². The van der Waals surface area contributed by atoms with Crippen molar-refractivity contribution in [1.29, 1.82) is 0 Å². The number of para-hydroxylation sites is 1. The molecule has 5 nitrogen and oxygen atoms in total. The van der Waals surface area contributed by atoms with Gasteiger partial charge in [0.2, 0.25) is 5.91 Å². The summed E-state index contributed by atoms with van der Waals surface area (Å²) in [6, 6.07) is 13.1. The summed E-state index contributed by atoms with van der Waals surface area (Å²) in [6.07, 6.45) is 1.61. The summed E-state index contributed by atoms with van der Waals surface area (Å²) in [5, 5.41) is 1.83. The van der Waals surface area contributed by atoms with Gasteiger partial charge in [-0.05, 0) is 70.3 Å². The number of thioether (sulfide) groups is 1. The highest BCUT2D eigenvalue weighted by molar-refractivity contribution is 14.1. The standard InChI is InChI=1S/C18H12FIN2O3S/c19-13-6-1-2-7-14(13)21-16(23)10-22-17(24)15(26-18(22)25)9-11-4-3-5-12(20)8-11/h1-9H,10H2,(H,21,23). The van der Waals surface area contributed by atoms with E-state index in [4.69, 9.17) is 0 Å². The number of anilines is 1. The monoisotopic (exact) mass is 482 g/mol. The van der Waals surface area contributed by atoms with Crippen LogP contribution in [0.5, 0.6) is 0 Å². The summed E-state index contributed by atoms with van der Waals surface area (Å²) in [5.41, 5.74) is 0.789. The Morgan fingerprint density at radius 2 is 1.96 bits per heavy atom. The minimum Gasteiger partial charge on any atom is -0.322 e. The van der Waals surface area contributed by atoms with Crippen LogP contribution in [0.3, 0.4) is 0 Å². The van der Waals surface area contributed by atoms with Crippen molar-refractivity contribution >= 4 is 63.2 Å². The molecular weight excluding hydrogens is 470 g/mol. The predicted molar refractivity (Wildman–Crippen MR) is 107 cm³/mol. The average molecular weight is 482 g/mol. The van der Waals surface area contributed by atoms with Gasteiger partial charge in [0.05, 0.1) is 10.6 Å². The maximum Gasteiger partial charge on any atom is 0.294 e. The first-order valence-electron chi connectivity index (χ1n) is 7.49. The molecule has 3 rings (SSSR count). The van der Waals surface area contributed by atoms with Gasteiger partial charge in [0.15, 0.2) is 0 Å². The normalized spacial score (nSPS) is 15.6. The molecule has 1 heterocycles. The number of nitrogens with one attached hydrogen (secondary N) is 1. The van der Waals surface area contributed by atoms with Crippen LogP contribution in [0.1, 0.15) is 5.56 Å². The third-order valence-corrected chi connectivity index (χ3v) is 5.05. The molecule has 0 aromatic heterocycles. The lowest BCUT2D eigenvalue weighted by molar-refractivity contribution is -0.127. The molecule has 1 aliphatic rings. The summed E-state index contributed by atoms with van der Waals surface area (Å²) in [4.78, 5) is 37.7. The number of carbonyl (C=O) groups is 3. The van der Waals surface area contributed by atoms with Crippen molar-refractivity contribution in [3.63, 3.8) is 0 Å². The number of hydrogen-bond acceptors (Lipinski definition) is 4. The highest BCUT2D eigenvalue weighted by Crippen LogP contribution is 2.32. The molecule has 0 unspecified atom stereocenters. The molecule has 0 radical (unpaired) electrons. The largest absolute Gasteiger partial charge is 0.322 e. The quantitative estimate of drug-likeness (QED) is 0.527. The summed E-state index contributed by atoms with van der Waals surface area (Å²) >= 11 is 2.93. The van der Waals surface area contributed by atoms with E-state index in [9.17, 15) is 18.8 Å². The molecule has 8 heteroatoms. The van der Waals surface area contributed by atoms with Crippen LogP contribution < -0.4 is 5.32 Å². The first-order valence-corrected chi connectivity index (χ1v) is 9.39. The molecule has 2 aromatic carbocycles. The fourth-order valence-corrected chi connectivity index (χ4v) is 3.69. The SMILES string of the molecule is O=C(CN1C(=O)SC(=Cc2cccc(I)c2)C1=O)Nc1ccccc1F. The Morgan fingerprint density at radius 1 is 1.19 bits per heavy atom. The van der Waals surface area contributed by atoms with Crippen molar-refractivity contribution in [2.75, 3.05) is 11.9 Å². The van der Waals surface area contributed by atoms with E-state index in [1.165, 1.54) is 18.2 Å². The molecule has 0 atom stereocenters. The number of imide groups is 1. The molecule has 1 saturated heterocycles. The number of carbonyl (C=O) groups excluding carboxylic acids is 3. The van der Waals surface area contributed by atoms with Gasteiger partial charge in [-0.2, -0.15) is 0 Å². The molecule has 2 aromatic rings. The van der Waals surface area contributed by atoms with Gasteiger partial charge >= 0.3 is 0 Å². The first kappa shape index (κ1) is 18.6. The van der Waals surface area contributed by atoms with Crippen molar-refractivity contribution in [3.05, 3.63) is 68.4 Å². The lowest BCUT2D eigenvalue weighted by atomic mass is 10.2. The molecular formula is C18H12FIN2O3S. The van der Waals surface area contributed by atoms with E-state index in [1.807, 2.05) is 24.3 Å². The highest BCUT2D eigenvalue weighted by Gasteiger charge is 2.36. The fourth-order valence-electron chi connectivity index (χ4n) is 2.28. The lowest BCUT2D eigenvalue weighted by Crippen LogP contribution is -2.36. The minimum atomic E-state index is -0.645. The van der Waals surface area contributed by atoms with E-state index < -0.39 is 29.4 Å². The van der Waals surface area contributed by atoms with Gasteiger partial charge in [-0.15, -0.1) is 0 Å². The Labute approximate surface area is 166 Å². The summed E-state index contributed by atoms with van der Waals surface area (Å²) in [6.45, 7) is -0.470. The van der Waals surface area contributed by atoms with Gasteiger partial charge in [0, 0.05) is 3.57 Å². The van der Waals surface area contributed by atoms with Crippen LogP contribution in [0.4, 0.5) is 14.9 Å². The number of rotatable bonds is 4. The van der Waals surface area contributed by atoms with E-state index in [0.29, 0.717) is 0 Å². The molecule has 26 heavy (non-hydrogen) atoms. The maximum atomic E-state index is 13.6. The summed E-state index contributed by atoms with van der Waals surface area (Å²) in [5.74, 6) is -1.77. The molecule has 3 amide bonds. The highest BCUT2D eigenvalue weighted by atomic mass is 127. The lowest BCUT2D eigenvalue weighted by Gasteiger charge is -2.12. The molecule has 0 saturated carbocycles. The summed E-state index contributed by atoms with van der Waals surface area (Å²) in [7, 11) is 0. The van der Waals surface area contributed by atoms with E-state index in [0.717, 1.165) is 25.8 Å². The van der Waals surface area contributed by atoms with Gasteiger partial charge in [-0.1, -0.05) is 24.3 Å². The Balaban J connectivity index is 1.71. The van der Waals surface area contributed by atoms with Crippen LogP contribution in [-0.4, -0.2) is 28.5 Å². The zero-order chi connectivity index (χ0) is 18.7. The second-order valence-corrected chi connectivity index (χ2v) is 7.59. The van der Waals surface area contributed by atoms with E-state index in [2.05, 4.69) is 27.9 Å². The van der Waals surface area contributed by atoms with E-state index in [-0.39, 0.29) is 10.6 Å². The Hall–Kier alpha value is -2.20. The maximum absolute atomic E-state index is 13.6. The zero-order valence-electron chi connectivity index (χ0n) is 13.2. The van der Waals surface area contributed by atoms with Gasteiger partial charge < -0.3 is 5.32 Å². The van der Waals surface area contributed by atoms with Gasteiger partial charge in [0.1, 0.15) is 12.4 Å². The number of benzene rings is 2. The average Bonchev–Trinajstić information content (AvgIpc) is 2.84. The van der Waals surface area contributed by atoms with Gasteiger partial charge in [0.25, 0.3) is 11.1 Å². The fraction of sp³-hybridized carbons (Fsp3) is 0.0556. The van der Waals surface area contributed by atoms with Crippen LogP contribution in [0.15, 0.2) is 53.4 Å². The number of amides is 3. The molecule has 0 spiro atoms. The Morgan fingerprint density at radius 3 is 2.69 bits per heavy atom. The predicted octanol–water partition coefficient (Wildman–Crippen LogP) is 4.11. The van der Waals surface area contributed by atoms with Crippen molar-refractivity contribution in [3.8, 4) is 0 Å². The third kappa shape index (κ3) is 4.31. The molecule has 0 aliphatic carbocycles. The van der Waals surface area contributed by atoms with Crippen LogP contribution in [0.25, 0.3) is 6.08 Å². The molecule has 132 valence electrons. The smallest absolute Gasteiger partial charge is 0.294 e. The molecule has 0 bridgehead atoms. The Kier molecular flexibility index (Phi) is 5.72. The first-order chi connectivity index (χ1) is 12.4. The van der Waals surface area contributed by atoms with Gasteiger partial charge in [-0.25, -0.2) is 4.39 Å². The minimum absolute atomic E-state index is 0.00104. The number of halogens is 2. The van der Waals surface area contributed by atoms with Crippen LogP contribution in [0, 0.1) is 9.39 Å². The molecule has 1 fully saturated rings. The number of nitrogens with zero attached hydrogens (tertiary/aromatic N) is 1.